The van der Waals surface area contributed by atoms with Crippen LogP contribution in [0.5, 0.6) is 0 Å². The lowest BCUT2D eigenvalue weighted by atomic mass is 10.1. The molecule has 0 spiro atoms. The Morgan fingerprint density at radius 3 is 2.67 bits per heavy atom. The molecule has 18 heavy (non-hydrogen) atoms. The number of nitrogens with zero attached hydrogens (tertiary/aromatic N) is 1. The standard InChI is InChI=1S/C13H19FN2OS/c1-16(7-3-2-4-8-17)10-5-6-11(13(15)18)12(14)9-10/h5-6,9,17H,2-4,7-8H2,1H3,(H2,15,18). The highest BCUT2D eigenvalue weighted by Crippen LogP contribution is 2.18. The van der Waals surface area contributed by atoms with Crippen LogP contribution >= 0.6 is 12.2 Å². The van der Waals surface area contributed by atoms with E-state index in [1.54, 1.807) is 6.07 Å². The van der Waals surface area contributed by atoms with Crippen LogP contribution in [0.4, 0.5) is 10.1 Å². The third-order valence-electron chi connectivity index (χ3n) is 2.81. The fourth-order valence-electron chi connectivity index (χ4n) is 1.71. The number of thiocarbonyl (C=S) groups is 1. The molecule has 0 amide bonds. The van der Waals surface area contributed by atoms with Gasteiger partial charge in [-0.2, -0.15) is 0 Å². The Bertz CT molecular complexity index is 412. The Kier molecular flexibility index (Phi) is 6.01. The highest BCUT2D eigenvalue weighted by atomic mass is 32.1. The van der Waals surface area contributed by atoms with Crippen LogP contribution in [0.15, 0.2) is 18.2 Å². The normalized spacial score (nSPS) is 10.4. The second kappa shape index (κ2) is 7.28. The molecule has 0 saturated carbocycles. The quantitative estimate of drug-likeness (QED) is 0.588. The van der Waals surface area contributed by atoms with E-state index in [0.29, 0.717) is 0 Å². The van der Waals surface area contributed by atoms with Gasteiger partial charge < -0.3 is 15.7 Å². The van der Waals surface area contributed by atoms with Crippen molar-refractivity contribution in [3.63, 3.8) is 0 Å². The Labute approximate surface area is 112 Å². The molecule has 0 aliphatic rings. The van der Waals surface area contributed by atoms with Crippen LogP contribution < -0.4 is 10.6 Å². The summed E-state index contributed by atoms with van der Waals surface area (Å²) in [6.45, 7) is 1.05. The number of unbranched alkanes of at least 4 members (excludes halogenated alkanes) is 2. The van der Waals surface area contributed by atoms with Gasteiger partial charge in [0.25, 0.3) is 0 Å². The molecule has 1 aromatic carbocycles. The zero-order valence-electron chi connectivity index (χ0n) is 10.5. The van der Waals surface area contributed by atoms with E-state index in [9.17, 15) is 4.39 Å². The number of hydrogen-bond donors (Lipinski definition) is 2. The van der Waals surface area contributed by atoms with Gasteiger partial charge in [0.1, 0.15) is 10.8 Å². The Morgan fingerprint density at radius 2 is 2.11 bits per heavy atom. The van der Waals surface area contributed by atoms with Crippen molar-refractivity contribution in [2.75, 3.05) is 25.1 Å². The Hall–Kier alpha value is -1.20. The summed E-state index contributed by atoms with van der Waals surface area (Å²) in [7, 11) is 1.91. The average Bonchev–Trinajstić information content (AvgIpc) is 2.33. The monoisotopic (exact) mass is 270 g/mol. The van der Waals surface area contributed by atoms with E-state index in [-0.39, 0.29) is 23.0 Å². The molecule has 0 atom stereocenters. The largest absolute Gasteiger partial charge is 0.396 e. The summed E-state index contributed by atoms with van der Waals surface area (Å²) >= 11 is 4.76. The van der Waals surface area contributed by atoms with Gasteiger partial charge in [0.05, 0.1) is 0 Å². The molecule has 0 fully saturated rings. The van der Waals surface area contributed by atoms with Gasteiger partial charge in [-0.1, -0.05) is 12.2 Å². The van der Waals surface area contributed by atoms with Gasteiger partial charge in [0.2, 0.25) is 0 Å². The highest BCUT2D eigenvalue weighted by molar-refractivity contribution is 7.80. The number of halogens is 1. The zero-order valence-corrected chi connectivity index (χ0v) is 11.3. The van der Waals surface area contributed by atoms with Gasteiger partial charge in [0.15, 0.2) is 0 Å². The first-order valence-electron chi connectivity index (χ1n) is 5.97. The fraction of sp³-hybridized carbons (Fsp3) is 0.462. The van der Waals surface area contributed by atoms with Crippen molar-refractivity contribution in [3.05, 3.63) is 29.6 Å². The van der Waals surface area contributed by atoms with Crippen LogP contribution in [-0.4, -0.2) is 30.3 Å². The second-order valence-corrected chi connectivity index (χ2v) is 4.67. The topological polar surface area (TPSA) is 49.5 Å². The molecule has 0 radical (unpaired) electrons. The molecule has 0 bridgehead atoms. The van der Waals surface area contributed by atoms with E-state index in [2.05, 4.69) is 0 Å². The predicted molar refractivity (Wildman–Crippen MR) is 76.5 cm³/mol. The van der Waals surface area contributed by atoms with E-state index < -0.39 is 0 Å². The summed E-state index contributed by atoms with van der Waals surface area (Å²) in [5, 5.41) is 8.68. The van der Waals surface area contributed by atoms with Crippen LogP contribution in [0.1, 0.15) is 24.8 Å². The predicted octanol–water partition coefficient (Wildman–Crippen LogP) is 2.06. The van der Waals surface area contributed by atoms with Crippen molar-refractivity contribution >= 4 is 22.9 Å². The molecule has 5 heteroatoms. The summed E-state index contributed by atoms with van der Waals surface area (Å²) in [5.74, 6) is -0.387. The maximum atomic E-state index is 13.7. The summed E-state index contributed by atoms with van der Waals surface area (Å²) in [6.07, 6.45) is 2.74. The van der Waals surface area contributed by atoms with Crippen LogP contribution in [0.25, 0.3) is 0 Å². The van der Waals surface area contributed by atoms with E-state index >= 15 is 0 Å². The molecule has 0 saturated heterocycles. The van der Waals surface area contributed by atoms with Crippen LogP contribution in [0.3, 0.4) is 0 Å². The van der Waals surface area contributed by atoms with Gasteiger partial charge in [0, 0.05) is 31.5 Å². The van der Waals surface area contributed by atoms with Crippen molar-refractivity contribution in [3.8, 4) is 0 Å². The highest BCUT2D eigenvalue weighted by Gasteiger charge is 2.08. The first-order valence-corrected chi connectivity index (χ1v) is 6.38. The SMILES string of the molecule is CN(CCCCCO)c1ccc(C(N)=S)c(F)c1. The Balaban J connectivity index is 2.61. The van der Waals surface area contributed by atoms with Gasteiger partial charge in [-0.15, -0.1) is 0 Å². The molecule has 1 aromatic rings. The molecule has 0 aromatic heterocycles. The van der Waals surface area contributed by atoms with Crippen LogP contribution in [-0.2, 0) is 0 Å². The number of rotatable bonds is 7. The smallest absolute Gasteiger partial charge is 0.135 e. The lowest BCUT2D eigenvalue weighted by molar-refractivity contribution is 0.283. The van der Waals surface area contributed by atoms with Crippen molar-refractivity contribution in [1.82, 2.24) is 0 Å². The minimum Gasteiger partial charge on any atom is -0.396 e. The van der Waals surface area contributed by atoms with Crippen molar-refractivity contribution in [2.24, 2.45) is 5.73 Å². The van der Waals surface area contributed by atoms with Gasteiger partial charge >= 0.3 is 0 Å². The second-order valence-electron chi connectivity index (χ2n) is 4.23. The molecule has 0 heterocycles. The fourth-order valence-corrected chi connectivity index (χ4v) is 1.87. The molecule has 3 N–H and O–H groups in total. The first-order chi connectivity index (χ1) is 8.56. The molecule has 0 unspecified atom stereocenters. The summed E-state index contributed by atoms with van der Waals surface area (Å²) in [6, 6.07) is 4.86. The van der Waals surface area contributed by atoms with Gasteiger partial charge in [-0.3, -0.25) is 0 Å². The maximum absolute atomic E-state index is 13.7. The van der Waals surface area contributed by atoms with Crippen LogP contribution in [0, 0.1) is 5.82 Å². The third-order valence-corrected chi connectivity index (χ3v) is 3.03. The first kappa shape index (κ1) is 14.9. The molecule has 100 valence electrons. The molecule has 0 aliphatic carbocycles. The molecular weight excluding hydrogens is 251 g/mol. The summed E-state index contributed by atoms with van der Waals surface area (Å²) in [4.78, 5) is 2.05. The van der Waals surface area contributed by atoms with E-state index in [1.165, 1.54) is 6.07 Å². The van der Waals surface area contributed by atoms with E-state index in [1.807, 2.05) is 18.0 Å². The Morgan fingerprint density at radius 1 is 1.39 bits per heavy atom. The lowest BCUT2D eigenvalue weighted by Gasteiger charge is -2.19. The average molecular weight is 270 g/mol. The zero-order chi connectivity index (χ0) is 13.5. The van der Waals surface area contributed by atoms with Crippen LogP contribution in [0.2, 0.25) is 0 Å². The maximum Gasteiger partial charge on any atom is 0.135 e. The lowest BCUT2D eigenvalue weighted by Crippen LogP contribution is -2.19. The molecule has 1 rings (SSSR count). The van der Waals surface area contributed by atoms with Crippen molar-refractivity contribution in [2.45, 2.75) is 19.3 Å². The molecular formula is C13H19FN2OS. The number of anilines is 1. The minimum atomic E-state index is -0.387. The number of nitrogens with two attached hydrogens (primary N) is 1. The number of hydrogen-bond acceptors (Lipinski definition) is 3. The van der Waals surface area contributed by atoms with E-state index in [4.69, 9.17) is 23.1 Å². The molecule has 0 aliphatic heterocycles. The van der Waals surface area contributed by atoms with Gasteiger partial charge in [-0.05, 0) is 37.5 Å². The van der Waals surface area contributed by atoms with Gasteiger partial charge in [-0.25, -0.2) is 4.39 Å². The molecule has 3 nitrogen and oxygen atoms in total. The summed E-state index contributed by atoms with van der Waals surface area (Å²) in [5.41, 5.74) is 6.49. The van der Waals surface area contributed by atoms with E-state index in [0.717, 1.165) is 31.5 Å². The minimum absolute atomic E-state index is 0.0737. The number of aliphatic hydroxyl groups excluding tert-OH is 1. The number of aliphatic hydroxyl groups is 1. The van der Waals surface area contributed by atoms with Crippen molar-refractivity contribution < 1.29 is 9.50 Å². The summed E-state index contributed by atoms with van der Waals surface area (Å²) < 4.78 is 13.7. The third kappa shape index (κ3) is 4.23. The van der Waals surface area contributed by atoms with Crippen molar-refractivity contribution in [1.29, 1.82) is 0 Å². The number of benzene rings is 1.